The molecule has 234 valence electrons. The van der Waals surface area contributed by atoms with Crippen LogP contribution < -0.4 is 14.2 Å². The molecule has 0 saturated carbocycles. The molecule has 1 atom stereocenters. The third-order valence-electron chi connectivity index (χ3n) is 7.13. The number of esters is 2. The zero-order valence-electron chi connectivity index (χ0n) is 27.1. The fraction of sp³-hybridized carbons (Fsp3) is 0.588. The van der Waals surface area contributed by atoms with Gasteiger partial charge >= 0.3 is 11.9 Å². The van der Waals surface area contributed by atoms with E-state index >= 15 is 0 Å². The summed E-state index contributed by atoms with van der Waals surface area (Å²) in [4.78, 5) is 24.4. The predicted molar refractivity (Wildman–Crippen MR) is 177 cm³/mol. The third-order valence-corrected chi connectivity index (χ3v) is 13.3. The zero-order chi connectivity index (χ0) is 31.0. The minimum atomic E-state index is -1.47. The van der Waals surface area contributed by atoms with E-state index in [0.29, 0.717) is 23.7 Å². The first-order valence-electron chi connectivity index (χ1n) is 15.9. The van der Waals surface area contributed by atoms with Gasteiger partial charge in [0.15, 0.2) is 16.6 Å². The zero-order valence-corrected chi connectivity index (χ0v) is 29.1. The summed E-state index contributed by atoms with van der Waals surface area (Å²) in [6.07, 6.45) is 12.1. The smallest absolute Gasteiger partial charge is 0.343 e. The van der Waals surface area contributed by atoms with Crippen LogP contribution in [0.4, 0.5) is 0 Å². The van der Waals surface area contributed by atoms with Crippen LogP contribution in [0.2, 0.25) is 38.8 Å². The average molecular weight is 615 g/mol. The Bertz CT molecular complexity index is 1060. The van der Waals surface area contributed by atoms with E-state index in [1.54, 1.807) is 48.5 Å². The van der Waals surface area contributed by atoms with E-state index in [4.69, 9.17) is 18.3 Å². The first-order valence-corrected chi connectivity index (χ1v) is 22.4. The van der Waals surface area contributed by atoms with Crippen molar-refractivity contribution in [3.05, 3.63) is 54.1 Å². The summed E-state index contributed by atoms with van der Waals surface area (Å²) >= 11 is 0. The lowest BCUT2D eigenvalue weighted by molar-refractivity contribution is -0.138. The van der Waals surface area contributed by atoms with Gasteiger partial charge in [-0.15, -0.1) is 0 Å². The Hall–Kier alpha value is -2.43. The molecule has 2 rings (SSSR count). The van der Waals surface area contributed by atoms with E-state index in [1.165, 1.54) is 57.4 Å². The molecule has 0 spiro atoms. The van der Waals surface area contributed by atoms with Gasteiger partial charge in [-0.3, -0.25) is 4.79 Å². The summed E-state index contributed by atoms with van der Waals surface area (Å²) in [5.74, 6) is 0.679. The molecule has 0 radical (unpaired) electrons. The van der Waals surface area contributed by atoms with Crippen molar-refractivity contribution in [2.45, 2.75) is 117 Å². The van der Waals surface area contributed by atoms with Crippen molar-refractivity contribution in [2.75, 3.05) is 6.61 Å². The molecule has 42 heavy (non-hydrogen) atoms. The molecule has 2 aromatic rings. The largest absolute Gasteiger partial charge is 0.494 e. The fourth-order valence-electron chi connectivity index (χ4n) is 4.77. The second-order valence-corrected chi connectivity index (χ2v) is 21.9. The number of hydrogen-bond donors (Lipinski definition) is 0. The lowest BCUT2D eigenvalue weighted by atomic mass is 10.1. The molecule has 6 nitrogen and oxygen atoms in total. The highest BCUT2D eigenvalue weighted by Crippen LogP contribution is 2.23. The van der Waals surface area contributed by atoms with Gasteiger partial charge in [-0.2, -0.15) is 0 Å². The maximum absolute atomic E-state index is 12.5. The summed E-state index contributed by atoms with van der Waals surface area (Å²) in [5.41, 5.74) is 0.445. The molecule has 8 heteroatoms. The average Bonchev–Trinajstić information content (AvgIpc) is 2.93. The first-order chi connectivity index (χ1) is 19.9. The van der Waals surface area contributed by atoms with Gasteiger partial charge in [-0.25, -0.2) is 4.79 Å². The van der Waals surface area contributed by atoms with Crippen LogP contribution in [-0.2, 0) is 8.91 Å². The van der Waals surface area contributed by atoms with Crippen molar-refractivity contribution in [1.29, 1.82) is 0 Å². The fourth-order valence-corrected chi connectivity index (χ4v) is 12.9. The number of hydrogen-bond acceptors (Lipinski definition) is 6. The Morgan fingerprint density at radius 3 is 1.67 bits per heavy atom. The topological polar surface area (TPSA) is 71.1 Å². The Morgan fingerprint density at radius 2 is 1.14 bits per heavy atom. The molecule has 0 aliphatic carbocycles. The second kappa shape index (κ2) is 18.3. The van der Waals surface area contributed by atoms with E-state index in [1.807, 2.05) is 13.8 Å². The van der Waals surface area contributed by atoms with Crippen LogP contribution in [0.1, 0.15) is 88.4 Å². The van der Waals surface area contributed by atoms with Crippen molar-refractivity contribution in [3.63, 3.8) is 0 Å². The van der Waals surface area contributed by atoms with Gasteiger partial charge in [0.2, 0.25) is 0 Å². The standard InChI is InChI=1S/C34H54O6Si2/c1-8-28(2)33(35)38-31-22-24-32(25-23-31)39-34(36)29-18-20-30(21-19-29)37-26-16-14-12-10-9-11-13-15-17-27-42(6,7)40-41(3,4)5/h18-25,28H,8-17,26-27H2,1-7H3. The molecule has 0 aromatic heterocycles. The highest BCUT2D eigenvalue weighted by Gasteiger charge is 2.28. The van der Waals surface area contributed by atoms with Crippen LogP contribution in [0.3, 0.4) is 0 Å². The maximum Gasteiger partial charge on any atom is 0.343 e. The molecule has 0 aliphatic heterocycles. The quantitative estimate of drug-likeness (QED) is 0.0640. The van der Waals surface area contributed by atoms with Crippen molar-refractivity contribution in [2.24, 2.45) is 5.92 Å². The van der Waals surface area contributed by atoms with Crippen LogP contribution in [0, 0.1) is 5.92 Å². The van der Waals surface area contributed by atoms with E-state index in [2.05, 4.69) is 32.7 Å². The summed E-state index contributed by atoms with van der Waals surface area (Å²) in [6.45, 7) is 16.1. The van der Waals surface area contributed by atoms with Gasteiger partial charge < -0.3 is 18.3 Å². The Kier molecular flexibility index (Phi) is 15.6. The highest BCUT2D eigenvalue weighted by atomic mass is 28.4. The summed E-state index contributed by atoms with van der Waals surface area (Å²) < 4.78 is 23.1. The van der Waals surface area contributed by atoms with E-state index in [0.717, 1.165) is 18.6 Å². The van der Waals surface area contributed by atoms with E-state index in [9.17, 15) is 9.59 Å². The molecule has 0 saturated heterocycles. The van der Waals surface area contributed by atoms with Crippen LogP contribution in [0.15, 0.2) is 48.5 Å². The van der Waals surface area contributed by atoms with Crippen molar-refractivity contribution in [1.82, 2.24) is 0 Å². The molecule has 0 aliphatic rings. The number of benzene rings is 2. The van der Waals surface area contributed by atoms with Gasteiger partial charge in [-0.1, -0.05) is 65.2 Å². The minimum Gasteiger partial charge on any atom is -0.494 e. The van der Waals surface area contributed by atoms with Gasteiger partial charge in [0.05, 0.1) is 18.1 Å². The number of carbonyl (C=O) groups is 2. The van der Waals surface area contributed by atoms with Gasteiger partial charge in [0, 0.05) is 0 Å². The van der Waals surface area contributed by atoms with Crippen LogP contribution >= 0.6 is 0 Å². The molecule has 0 amide bonds. The third kappa shape index (κ3) is 15.2. The number of rotatable bonds is 20. The highest BCUT2D eigenvalue weighted by molar-refractivity contribution is 6.84. The molecule has 1 unspecified atom stereocenters. The Morgan fingerprint density at radius 1 is 0.667 bits per heavy atom. The molecular formula is C34H54O6Si2. The predicted octanol–water partition coefficient (Wildman–Crippen LogP) is 9.80. The van der Waals surface area contributed by atoms with Crippen LogP contribution in [0.25, 0.3) is 0 Å². The van der Waals surface area contributed by atoms with Gasteiger partial charge in [-0.05, 0) is 100 Å². The molecule has 0 N–H and O–H groups in total. The lowest BCUT2D eigenvalue weighted by Gasteiger charge is -2.31. The number of ether oxygens (including phenoxy) is 3. The monoisotopic (exact) mass is 614 g/mol. The SMILES string of the molecule is CCC(C)C(=O)Oc1ccc(OC(=O)c2ccc(OCCCCCCCCCCC[Si](C)(C)O[Si](C)(C)C)cc2)cc1. The normalized spacial score (nSPS) is 12.5. The molecule has 2 aromatic carbocycles. The van der Waals surface area contributed by atoms with Gasteiger partial charge in [0.1, 0.15) is 17.2 Å². The molecule has 0 bridgehead atoms. The van der Waals surface area contributed by atoms with Crippen LogP contribution in [-0.4, -0.2) is 35.2 Å². The van der Waals surface area contributed by atoms with Crippen molar-refractivity contribution < 1.29 is 27.9 Å². The summed E-state index contributed by atoms with van der Waals surface area (Å²) in [7, 11) is -2.88. The maximum atomic E-state index is 12.5. The molecule has 0 heterocycles. The van der Waals surface area contributed by atoms with Crippen LogP contribution in [0.5, 0.6) is 17.2 Å². The minimum absolute atomic E-state index is 0.162. The van der Waals surface area contributed by atoms with Crippen molar-refractivity contribution >= 4 is 28.6 Å². The Labute approximate surface area is 256 Å². The van der Waals surface area contributed by atoms with Crippen molar-refractivity contribution in [3.8, 4) is 17.2 Å². The lowest BCUT2D eigenvalue weighted by Crippen LogP contribution is -2.42. The molecular weight excluding hydrogens is 561 g/mol. The first kappa shape index (κ1) is 35.8. The van der Waals surface area contributed by atoms with E-state index in [-0.39, 0.29) is 11.9 Å². The Balaban J connectivity index is 1.54. The summed E-state index contributed by atoms with van der Waals surface area (Å²) in [6, 6.07) is 14.8. The summed E-state index contributed by atoms with van der Waals surface area (Å²) in [5, 5.41) is 0. The molecule has 0 fully saturated rings. The van der Waals surface area contributed by atoms with E-state index < -0.39 is 22.6 Å². The second-order valence-electron chi connectivity index (χ2n) is 12.9. The van der Waals surface area contributed by atoms with Gasteiger partial charge in [0.25, 0.3) is 0 Å². The number of carbonyl (C=O) groups excluding carboxylic acids is 2. The number of unbranched alkanes of at least 4 members (excludes halogenated alkanes) is 8.